The van der Waals surface area contributed by atoms with Crippen LogP contribution in [-0.2, 0) is 38.1 Å². The zero-order valence-corrected chi connectivity index (χ0v) is 31.5. The van der Waals surface area contributed by atoms with Gasteiger partial charge in [0.15, 0.2) is 11.9 Å². The molecule has 0 amide bonds. The molecule has 2 saturated carbocycles. The molecule has 0 bridgehead atoms. The Bertz CT molecular complexity index is 1780. The number of hydrogen-bond acceptors (Lipinski definition) is 11. The third-order valence-electron chi connectivity index (χ3n) is 13.8. The molecule has 1 spiro atoms. The Kier molecular flexibility index (Phi) is 8.80. The van der Waals surface area contributed by atoms with Crippen LogP contribution in [0.25, 0.3) is 0 Å². The summed E-state index contributed by atoms with van der Waals surface area (Å²) in [5.41, 5.74) is -0.0936. The number of esters is 3. The molecule has 11 nitrogen and oxygen atoms in total. The van der Waals surface area contributed by atoms with Crippen molar-refractivity contribution in [1.29, 1.82) is 0 Å². The lowest BCUT2D eigenvalue weighted by Gasteiger charge is -2.61. The van der Waals surface area contributed by atoms with Crippen LogP contribution in [0.1, 0.15) is 73.6 Å². The third kappa shape index (κ3) is 5.20. The molecule has 0 aromatic heterocycles. The van der Waals surface area contributed by atoms with Gasteiger partial charge in [-0.1, -0.05) is 25.0 Å². The Hall–Kier alpha value is -3.96. The van der Waals surface area contributed by atoms with E-state index in [0.717, 1.165) is 22.5 Å². The first-order valence-electron chi connectivity index (χ1n) is 18.6. The first-order chi connectivity index (χ1) is 24.5. The van der Waals surface area contributed by atoms with Crippen LogP contribution in [0, 0.1) is 28.6 Å². The first-order valence-corrected chi connectivity index (χ1v) is 18.6. The first kappa shape index (κ1) is 36.4. The molecule has 7 rings (SSSR count). The number of rotatable bonds is 9. The normalized spacial score (nSPS) is 39.2. The number of allylic oxidation sites excluding steroid dienone is 1. The Morgan fingerprint density at radius 3 is 2.44 bits per heavy atom. The van der Waals surface area contributed by atoms with Gasteiger partial charge in [0.25, 0.3) is 0 Å². The summed E-state index contributed by atoms with van der Waals surface area (Å²) in [5.74, 6) is -2.47. The van der Waals surface area contributed by atoms with Crippen molar-refractivity contribution in [2.75, 3.05) is 30.9 Å². The molecule has 2 aliphatic heterocycles. The summed E-state index contributed by atoms with van der Waals surface area (Å²) in [6.07, 6.45) is 4.60. The lowest BCUT2D eigenvalue weighted by Crippen LogP contribution is -2.70. The molecule has 2 N–H and O–H groups in total. The van der Waals surface area contributed by atoms with E-state index in [-0.39, 0.29) is 30.0 Å². The molecule has 3 fully saturated rings. The van der Waals surface area contributed by atoms with E-state index in [9.17, 15) is 24.3 Å². The molecule has 1 aromatic rings. The molecular weight excluding hydrogens is 664 g/mol. The zero-order chi connectivity index (χ0) is 37.5. The van der Waals surface area contributed by atoms with Gasteiger partial charge in [-0.3, -0.25) is 14.4 Å². The average molecular weight is 717 g/mol. The third-order valence-corrected chi connectivity index (χ3v) is 13.8. The molecule has 11 heteroatoms. The molecule has 0 radical (unpaired) electrons. The number of benzene rings is 1. The average Bonchev–Trinajstić information content (AvgIpc) is 3.78. The molecular formula is C41H52N2O9. The van der Waals surface area contributed by atoms with Crippen molar-refractivity contribution >= 4 is 35.1 Å². The standard InChI is InChI=1S/C41H52N2O9/c1-22-19-31(50-37(47)23(22)2)24(3)29-20-34(49-25(4)44)40(48)30-21-35-41(52-35)33(14-13-32(45)39(41,6)28(30)15-17-38(29,40)5)51-36(46)16-18-42-26-9-11-27(12-10-26)43(7)8/h9-14,20,24,28,30-31,33-35,42,48H,15-19,21H2,1-8H3/t24-,28-,30+,31+,33-,34-,35+,38+,39-,40+,41+/m0/s1. The van der Waals surface area contributed by atoms with Crippen molar-refractivity contribution in [2.24, 2.45) is 28.6 Å². The zero-order valence-electron chi connectivity index (χ0n) is 31.5. The number of anilines is 2. The Balaban J connectivity index is 1.12. The number of nitrogens with zero attached hydrogens (tertiary/aromatic N) is 1. The molecule has 52 heavy (non-hydrogen) atoms. The van der Waals surface area contributed by atoms with Gasteiger partial charge in [0.1, 0.15) is 23.4 Å². The van der Waals surface area contributed by atoms with Crippen molar-refractivity contribution in [1.82, 2.24) is 0 Å². The molecule has 4 aliphatic carbocycles. The fourth-order valence-electron chi connectivity index (χ4n) is 10.6. The fraction of sp³-hybridized carbons (Fsp3) is 0.610. The summed E-state index contributed by atoms with van der Waals surface area (Å²) in [7, 11) is 3.95. The maximum atomic E-state index is 14.1. The highest BCUT2D eigenvalue weighted by Crippen LogP contribution is 2.74. The highest BCUT2D eigenvalue weighted by atomic mass is 16.7. The summed E-state index contributed by atoms with van der Waals surface area (Å²) in [5, 5.41) is 16.5. The number of epoxide rings is 1. The molecule has 1 saturated heterocycles. The van der Waals surface area contributed by atoms with Crippen molar-refractivity contribution in [3.8, 4) is 0 Å². The summed E-state index contributed by atoms with van der Waals surface area (Å²) in [6.45, 7) is 11.3. The van der Waals surface area contributed by atoms with Gasteiger partial charge in [-0.05, 0) is 94.4 Å². The number of aliphatic hydroxyl groups is 1. The second-order valence-electron chi connectivity index (χ2n) is 16.5. The van der Waals surface area contributed by atoms with Crippen LogP contribution in [0.4, 0.5) is 11.4 Å². The smallest absolute Gasteiger partial charge is 0.333 e. The molecule has 0 unspecified atom stereocenters. The van der Waals surface area contributed by atoms with Crippen LogP contribution in [0.15, 0.2) is 59.2 Å². The van der Waals surface area contributed by atoms with Gasteiger partial charge < -0.3 is 34.3 Å². The van der Waals surface area contributed by atoms with E-state index < -0.39 is 64.3 Å². The van der Waals surface area contributed by atoms with Gasteiger partial charge in [0.05, 0.1) is 17.9 Å². The second kappa shape index (κ2) is 12.6. The van der Waals surface area contributed by atoms with E-state index in [1.54, 1.807) is 13.0 Å². The summed E-state index contributed by atoms with van der Waals surface area (Å²) in [4.78, 5) is 54.7. The largest absolute Gasteiger partial charge is 0.458 e. The minimum absolute atomic E-state index is 0.122. The van der Waals surface area contributed by atoms with Gasteiger partial charge in [-0.25, -0.2) is 4.79 Å². The van der Waals surface area contributed by atoms with Crippen LogP contribution >= 0.6 is 0 Å². The molecule has 2 heterocycles. The Labute approximate surface area is 305 Å². The number of fused-ring (bicyclic) bond motifs is 4. The number of hydrogen-bond donors (Lipinski definition) is 2. The van der Waals surface area contributed by atoms with E-state index >= 15 is 0 Å². The number of cyclic esters (lactones) is 1. The maximum absolute atomic E-state index is 14.1. The van der Waals surface area contributed by atoms with E-state index in [1.807, 2.05) is 77.0 Å². The van der Waals surface area contributed by atoms with Gasteiger partial charge in [0, 0.05) is 62.3 Å². The van der Waals surface area contributed by atoms with E-state index in [4.69, 9.17) is 18.9 Å². The van der Waals surface area contributed by atoms with Crippen molar-refractivity contribution in [3.63, 3.8) is 0 Å². The molecule has 11 atom stereocenters. The van der Waals surface area contributed by atoms with E-state index in [2.05, 4.69) is 5.32 Å². The van der Waals surface area contributed by atoms with Crippen molar-refractivity contribution in [2.45, 2.75) is 109 Å². The van der Waals surface area contributed by atoms with Gasteiger partial charge in [0.2, 0.25) is 0 Å². The Morgan fingerprint density at radius 1 is 1.08 bits per heavy atom. The summed E-state index contributed by atoms with van der Waals surface area (Å²) >= 11 is 0. The minimum Gasteiger partial charge on any atom is -0.458 e. The van der Waals surface area contributed by atoms with Crippen LogP contribution in [0.3, 0.4) is 0 Å². The molecule has 280 valence electrons. The highest BCUT2D eigenvalue weighted by molar-refractivity contribution is 5.98. The number of carbonyl (C=O) groups is 4. The van der Waals surface area contributed by atoms with Gasteiger partial charge in [-0.15, -0.1) is 0 Å². The number of ether oxygens (including phenoxy) is 4. The van der Waals surface area contributed by atoms with E-state index in [0.29, 0.717) is 37.8 Å². The van der Waals surface area contributed by atoms with Crippen LogP contribution in [0.5, 0.6) is 0 Å². The molecule has 6 aliphatic rings. The van der Waals surface area contributed by atoms with Crippen LogP contribution < -0.4 is 10.2 Å². The number of nitrogens with one attached hydrogen (secondary N) is 1. The highest BCUT2D eigenvalue weighted by Gasteiger charge is 2.83. The second-order valence-corrected chi connectivity index (χ2v) is 16.5. The van der Waals surface area contributed by atoms with Gasteiger partial charge in [-0.2, -0.15) is 0 Å². The fourth-order valence-corrected chi connectivity index (χ4v) is 10.6. The quantitative estimate of drug-likeness (QED) is 0.153. The Morgan fingerprint density at radius 2 is 1.79 bits per heavy atom. The topological polar surface area (TPSA) is 144 Å². The monoisotopic (exact) mass is 716 g/mol. The maximum Gasteiger partial charge on any atom is 0.333 e. The van der Waals surface area contributed by atoms with Crippen molar-refractivity contribution in [3.05, 3.63) is 59.2 Å². The van der Waals surface area contributed by atoms with Crippen LogP contribution in [-0.4, -0.2) is 85.1 Å². The minimum atomic E-state index is -1.56. The number of carbonyl (C=O) groups excluding carboxylic acids is 4. The SMILES string of the molecule is CC(=O)O[C@H]1C=C([C@H](C)[C@H]2CC(C)=C(C)C(=O)O2)[C@@]2(C)CC[C@H]3[C@@H](C[C@H]4O[C@]45[C@@H](OC(=O)CCNc4ccc(N(C)C)cc4)C=CC(=O)[C@]35C)[C@@]12O. The lowest BCUT2D eigenvalue weighted by atomic mass is 9.42. The number of ketones is 1. The van der Waals surface area contributed by atoms with E-state index in [1.165, 1.54) is 13.0 Å². The predicted molar refractivity (Wildman–Crippen MR) is 193 cm³/mol. The summed E-state index contributed by atoms with van der Waals surface area (Å²) in [6, 6.07) is 7.92. The molecule has 1 aromatic carbocycles. The lowest BCUT2D eigenvalue weighted by molar-refractivity contribution is -0.225. The van der Waals surface area contributed by atoms with Crippen LogP contribution in [0.2, 0.25) is 0 Å². The summed E-state index contributed by atoms with van der Waals surface area (Å²) < 4.78 is 24.5. The van der Waals surface area contributed by atoms with Crippen molar-refractivity contribution < 1.29 is 43.2 Å². The van der Waals surface area contributed by atoms with Gasteiger partial charge >= 0.3 is 17.9 Å². The predicted octanol–water partition coefficient (Wildman–Crippen LogP) is 5.08.